The van der Waals surface area contributed by atoms with Gasteiger partial charge in [0.25, 0.3) is 5.91 Å². The van der Waals surface area contributed by atoms with Crippen LogP contribution in [0.1, 0.15) is 15.9 Å². The van der Waals surface area contributed by atoms with Gasteiger partial charge in [0.15, 0.2) is 11.7 Å². The van der Waals surface area contributed by atoms with E-state index in [2.05, 4.69) is 15.6 Å². The number of aryl methyl sites for hydroxylation is 1. The number of esters is 1. The number of anilines is 2. The highest BCUT2D eigenvalue weighted by Gasteiger charge is 2.15. The van der Waals surface area contributed by atoms with E-state index in [4.69, 9.17) is 9.84 Å². The Morgan fingerprint density at radius 3 is 2.66 bits per heavy atom. The molecular weight excluding hydrogens is 390 g/mol. The maximum Gasteiger partial charge on any atom is 0.340 e. The van der Waals surface area contributed by atoms with Gasteiger partial charge >= 0.3 is 5.97 Å². The molecular formula is C21H21N3O4S. The van der Waals surface area contributed by atoms with E-state index in [0.29, 0.717) is 22.9 Å². The van der Waals surface area contributed by atoms with Crippen LogP contribution in [0.3, 0.4) is 0 Å². The van der Waals surface area contributed by atoms with Crippen LogP contribution >= 0.6 is 11.3 Å². The molecule has 0 fully saturated rings. The van der Waals surface area contributed by atoms with Crippen molar-refractivity contribution < 1.29 is 19.4 Å². The molecule has 0 saturated carbocycles. The Hall–Kier alpha value is -3.23. The maximum absolute atomic E-state index is 12.3. The Kier molecular flexibility index (Phi) is 6.94. The number of amides is 1. The highest BCUT2D eigenvalue weighted by atomic mass is 32.1. The zero-order valence-electron chi connectivity index (χ0n) is 15.8. The Labute approximate surface area is 172 Å². The average Bonchev–Trinajstić information content (AvgIpc) is 3.19. The second-order valence-electron chi connectivity index (χ2n) is 6.22. The van der Waals surface area contributed by atoms with Crippen molar-refractivity contribution in [2.45, 2.75) is 6.92 Å². The molecule has 29 heavy (non-hydrogen) atoms. The van der Waals surface area contributed by atoms with Gasteiger partial charge in [0.2, 0.25) is 0 Å². The largest absolute Gasteiger partial charge is 0.452 e. The van der Waals surface area contributed by atoms with E-state index >= 15 is 0 Å². The van der Waals surface area contributed by atoms with E-state index in [0.717, 1.165) is 16.8 Å². The third-order valence-electron chi connectivity index (χ3n) is 4.01. The van der Waals surface area contributed by atoms with Gasteiger partial charge in [-0.15, -0.1) is 11.3 Å². The molecule has 1 heterocycles. The predicted octanol–water partition coefficient (Wildman–Crippen LogP) is 3.32. The number of aliphatic hydroxyl groups excluding tert-OH is 1. The molecule has 3 N–H and O–H groups in total. The van der Waals surface area contributed by atoms with E-state index in [1.807, 2.05) is 36.6 Å². The fourth-order valence-electron chi connectivity index (χ4n) is 2.56. The molecule has 7 nitrogen and oxygen atoms in total. The normalized spacial score (nSPS) is 10.4. The second-order valence-corrected chi connectivity index (χ2v) is 7.08. The number of benzene rings is 2. The SMILES string of the molecule is Cc1ccc(-c2csc(NC(=O)COC(=O)c3ccccc3NCCO)n2)cc1. The summed E-state index contributed by atoms with van der Waals surface area (Å²) >= 11 is 1.30. The van der Waals surface area contributed by atoms with E-state index < -0.39 is 18.5 Å². The van der Waals surface area contributed by atoms with Gasteiger partial charge in [-0.25, -0.2) is 9.78 Å². The van der Waals surface area contributed by atoms with Gasteiger partial charge < -0.3 is 15.2 Å². The molecule has 0 aliphatic heterocycles. The summed E-state index contributed by atoms with van der Waals surface area (Å²) in [6.45, 7) is 1.83. The summed E-state index contributed by atoms with van der Waals surface area (Å²) in [6, 6.07) is 14.7. The van der Waals surface area contributed by atoms with E-state index in [1.165, 1.54) is 11.3 Å². The van der Waals surface area contributed by atoms with Gasteiger partial charge in [-0.05, 0) is 19.1 Å². The van der Waals surface area contributed by atoms with Crippen LogP contribution in [-0.2, 0) is 9.53 Å². The van der Waals surface area contributed by atoms with Crippen molar-refractivity contribution in [2.24, 2.45) is 0 Å². The summed E-state index contributed by atoms with van der Waals surface area (Å²) in [4.78, 5) is 28.8. The first-order valence-corrected chi connectivity index (χ1v) is 9.88. The Bertz CT molecular complexity index is 986. The molecule has 0 spiro atoms. The summed E-state index contributed by atoms with van der Waals surface area (Å²) in [6.07, 6.45) is 0. The van der Waals surface area contributed by atoms with Crippen LogP contribution in [0.5, 0.6) is 0 Å². The number of carbonyl (C=O) groups excluding carboxylic acids is 2. The summed E-state index contributed by atoms with van der Waals surface area (Å²) < 4.78 is 5.11. The lowest BCUT2D eigenvalue weighted by Gasteiger charge is -2.10. The van der Waals surface area contributed by atoms with Gasteiger partial charge in [-0.3, -0.25) is 10.1 Å². The average molecular weight is 411 g/mol. The molecule has 3 rings (SSSR count). The van der Waals surface area contributed by atoms with Gasteiger partial charge in [-0.1, -0.05) is 42.0 Å². The number of aliphatic hydroxyl groups is 1. The molecule has 0 radical (unpaired) electrons. The third-order valence-corrected chi connectivity index (χ3v) is 4.76. The van der Waals surface area contributed by atoms with Crippen molar-refractivity contribution in [3.63, 3.8) is 0 Å². The molecule has 0 saturated heterocycles. The van der Waals surface area contributed by atoms with Crippen molar-refractivity contribution in [1.82, 2.24) is 4.98 Å². The highest BCUT2D eigenvalue weighted by Crippen LogP contribution is 2.25. The van der Waals surface area contributed by atoms with Crippen LogP contribution in [0, 0.1) is 6.92 Å². The quantitative estimate of drug-likeness (QED) is 0.492. The molecule has 1 aromatic heterocycles. The number of nitrogens with zero attached hydrogens (tertiary/aromatic N) is 1. The number of hydrogen-bond acceptors (Lipinski definition) is 7. The van der Waals surface area contributed by atoms with Crippen molar-refractivity contribution in [3.8, 4) is 11.3 Å². The minimum absolute atomic E-state index is 0.0653. The van der Waals surface area contributed by atoms with Gasteiger partial charge in [0, 0.05) is 23.2 Å². The van der Waals surface area contributed by atoms with Crippen molar-refractivity contribution >= 4 is 34.0 Å². The lowest BCUT2D eigenvalue weighted by molar-refractivity contribution is -0.119. The van der Waals surface area contributed by atoms with Gasteiger partial charge in [0.1, 0.15) is 0 Å². The van der Waals surface area contributed by atoms with Gasteiger partial charge in [0.05, 0.1) is 17.9 Å². The number of rotatable bonds is 8. The molecule has 3 aromatic rings. The maximum atomic E-state index is 12.3. The first-order valence-electron chi connectivity index (χ1n) is 9.00. The molecule has 8 heteroatoms. The van der Waals surface area contributed by atoms with E-state index in [-0.39, 0.29) is 6.61 Å². The first-order chi connectivity index (χ1) is 14.1. The van der Waals surface area contributed by atoms with Crippen LogP contribution in [0.15, 0.2) is 53.9 Å². The Balaban J connectivity index is 1.55. The lowest BCUT2D eigenvalue weighted by Crippen LogP contribution is -2.21. The fourth-order valence-corrected chi connectivity index (χ4v) is 3.29. The van der Waals surface area contributed by atoms with Crippen molar-refractivity contribution in [1.29, 1.82) is 0 Å². The number of ether oxygens (including phenoxy) is 1. The number of carbonyl (C=O) groups is 2. The smallest absolute Gasteiger partial charge is 0.340 e. The summed E-state index contributed by atoms with van der Waals surface area (Å²) in [7, 11) is 0. The Morgan fingerprint density at radius 2 is 1.90 bits per heavy atom. The number of thiazole rings is 1. The third kappa shape index (κ3) is 5.63. The first kappa shape index (κ1) is 20.5. The van der Waals surface area contributed by atoms with Crippen LogP contribution in [0.25, 0.3) is 11.3 Å². The minimum atomic E-state index is -0.624. The molecule has 0 unspecified atom stereocenters. The number of aromatic nitrogens is 1. The van der Waals surface area contributed by atoms with E-state index in [1.54, 1.807) is 24.3 Å². The van der Waals surface area contributed by atoms with Crippen LogP contribution in [-0.4, -0.2) is 41.7 Å². The van der Waals surface area contributed by atoms with Crippen LogP contribution in [0.2, 0.25) is 0 Å². The fraction of sp³-hybridized carbons (Fsp3) is 0.190. The van der Waals surface area contributed by atoms with Crippen LogP contribution in [0.4, 0.5) is 10.8 Å². The molecule has 0 aliphatic carbocycles. The molecule has 2 aromatic carbocycles. The second kappa shape index (κ2) is 9.81. The predicted molar refractivity (Wildman–Crippen MR) is 113 cm³/mol. The highest BCUT2D eigenvalue weighted by molar-refractivity contribution is 7.14. The van der Waals surface area contributed by atoms with E-state index in [9.17, 15) is 9.59 Å². The molecule has 0 bridgehead atoms. The summed E-state index contributed by atoms with van der Waals surface area (Å²) in [5, 5.41) is 16.8. The number of hydrogen-bond donors (Lipinski definition) is 3. The monoisotopic (exact) mass is 411 g/mol. The standard InChI is InChI=1S/C21H21N3O4S/c1-14-6-8-15(9-7-14)18-13-29-21(23-18)24-19(26)12-28-20(27)16-4-2-3-5-17(16)22-10-11-25/h2-9,13,22,25H,10-12H2,1H3,(H,23,24,26). The number of nitrogens with one attached hydrogen (secondary N) is 2. The number of para-hydroxylation sites is 1. The van der Waals surface area contributed by atoms with Crippen molar-refractivity contribution in [2.75, 3.05) is 30.4 Å². The molecule has 150 valence electrons. The summed E-state index contributed by atoms with van der Waals surface area (Å²) in [5.74, 6) is -1.09. The van der Waals surface area contributed by atoms with Crippen molar-refractivity contribution in [3.05, 3.63) is 65.0 Å². The molecule has 0 aliphatic rings. The lowest BCUT2D eigenvalue weighted by atomic mass is 10.1. The molecule has 0 atom stereocenters. The topological polar surface area (TPSA) is 101 Å². The minimum Gasteiger partial charge on any atom is -0.452 e. The van der Waals surface area contributed by atoms with Crippen LogP contribution < -0.4 is 10.6 Å². The van der Waals surface area contributed by atoms with Gasteiger partial charge in [-0.2, -0.15) is 0 Å². The zero-order chi connectivity index (χ0) is 20.6. The zero-order valence-corrected chi connectivity index (χ0v) is 16.7. The molecule has 1 amide bonds. The Morgan fingerprint density at radius 1 is 1.14 bits per heavy atom. The summed E-state index contributed by atoms with van der Waals surface area (Å²) in [5.41, 5.74) is 3.73.